The van der Waals surface area contributed by atoms with E-state index in [1.807, 2.05) is 47.1 Å². The molecular formula is C17H12NO+. The van der Waals surface area contributed by atoms with Crippen LogP contribution < -0.4 is 4.40 Å². The van der Waals surface area contributed by atoms with E-state index in [2.05, 4.69) is 30.3 Å². The summed E-state index contributed by atoms with van der Waals surface area (Å²) in [6.07, 6.45) is 4.06. The summed E-state index contributed by atoms with van der Waals surface area (Å²) < 4.78 is 8.06. The third-order valence-corrected chi connectivity index (χ3v) is 3.36. The van der Waals surface area contributed by atoms with Gasteiger partial charge in [0.2, 0.25) is 12.0 Å². The molecule has 19 heavy (non-hydrogen) atoms. The Morgan fingerprint density at radius 3 is 2.47 bits per heavy atom. The summed E-state index contributed by atoms with van der Waals surface area (Å²) >= 11 is 0. The van der Waals surface area contributed by atoms with Crippen LogP contribution in [0.15, 0.2) is 77.5 Å². The molecule has 0 N–H and O–H groups in total. The van der Waals surface area contributed by atoms with Gasteiger partial charge in [0.25, 0.3) is 0 Å². The van der Waals surface area contributed by atoms with Crippen LogP contribution in [0.3, 0.4) is 0 Å². The number of benzene rings is 2. The maximum absolute atomic E-state index is 6.03. The number of nitrogens with zero attached hydrogens (tertiary/aromatic N) is 1. The molecule has 0 atom stereocenters. The first-order chi connectivity index (χ1) is 9.42. The van der Waals surface area contributed by atoms with E-state index in [0.29, 0.717) is 0 Å². The molecule has 0 fully saturated rings. The van der Waals surface area contributed by atoms with Gasteiger partial charge in [-0.05, 0) is 11.5 Å². The molecule has 2 heterocycles. The van der Waals surface area contributed by atoms with Crippen LogP contribution in [0.2, 0.25) is 0 Å². The lowest BCUT2D eigenvalue weighted by Crippen LogP contribution is -2.16. The fourth-order valence-electron chi connectivity index (χ4n) is 2.41. The highest BCUT2D eigenvalue weighted by Gasteiger charge is 2.16. The van der Waals surface area contributed by atoms with Gasteiger partial charge < -0.3 is 4.42 Å². The average Bonchev–Trinajstić information content (AvgIpc) is 2.93. The van der Waals surface area contributed by atoms with E-state index < -0.39 is 0 Å². The predicted molar refractivity (Wildman–Crippen MR) is 74.8 cm³/mol. The van der Waals surface area contributed by atoms with Crippen molar-refractivity contribution >= 4 is 16.5 Å². The lowest BCUT2D eigenvalue weighted by molar-refractivity contribution is -0.511. The number of rotatable bonds is 1. The van der Waals surface area contributed by atoms with E-state index >= 15 is 0 Å². The summed E-state index contributed by atoms with van der Waals surface area (Å²) in [4.78, 5) is 0. The number of hydrogen-bond donors (Lipinski definition) is 0. The van der Waals surface area contributed by atoms with E-state index in [0.717, 1.165) is 22.4 Å². The van der Waals surface area contributed by atoms with Gasteiger partial charge in [-0.15, -0.1) is 4.40 Å². The number of pyridine rings is 1. The fourth-order valence-corrected chi connectivity index (χ4v) is 2.41. The molecule has 0 aliphatic carbocycles. The molecule has 0 unspecified atom stereocenters. The van der Waals surface area contributed by atoms with E-state index in [1.54, 1.807) is 0 Å². The van der Waals surface area contributed by atoms with Crippen molar-refractivity contribution in [3.8, 4) is 11.3 Å². The Hall–Kier alpha value is -2.61. The molecule has 4 aromatic rings. The standard InChI is InChI=1S/C17H12NO/c1-2-7-14(8-3-1)16-12-18-11-10-13-6-4-5-9-15(13)17(18)19-16/h1-12H/q+1. The van der Waals surface area contributed by atoms with Crippen LogP contribution in [0.4, 0.5) is 0 Å². The van der Waals surface area contributed by atoms with E-state index in [9.17, 15) is 0 Å². The normalized spacial score (nSPS) is 11.2. The summed E-state index contributed by atoms with van der Waals surface area (Å²) in [5.41, 5.74) is 1.98. The molecule has 0 saturated heterocycles. The van der Waals surface area contributed by atoms with Gasteiger partial charge in [-0.3, -0.25) is 0 Å². The minimum Gasteiger partial charge on any atom is -0.397 e. The van der Waals surface area contributed by atoms with Crippen LogP contribution >= 0.6 is 0 Å². The highest BCUT2D eigenvalue weighted by atomic mass is 16.3. The molecule has 0 aliphatic heterocycles. The fraction of sp³-hybridized carbons (Fsp3) is 0. The van der Waals surface area contributed by atoms with Gasteiger partial charge in [0.1, 0.15) is 0 Å². The first-order valence-electron chi connectivity index (χ1n) is 6.30. The van der Waals surface area contributed by atoms with E-state index in [4.69, 9.17) is 4.42 Å². The molecule has 0 spiro atoms. The molecule has 0 aliphatic rings. The van der Waals surface area contributed by atoms with Gasteiger partial charge in [-0.2, -0.15) is 0 Å². The van der Waals surface area contributed by atoms with Crippen molar-refractivity contribution in [3.63, 3.8) is 0 Å². The van der Waals surface area contributed by atoms with Crippen molar-refractivity contribution in [1.29, 1.82) is 0 Å². The first kappa shape index (κ1) is 10.3. The van der Waals surface area contributed by atoms with Gasteiger partial charge in [-0.1, -0.05) is 48.5 Å². The molecule has 90 valence electrons. The van der Waals surface area contributed by atoms with Crippen LogP contribution in [0.25, 0.3) is 27.8 Å². The van der Waals surface area contributed by atoms with Gasteiger partial charge in [0, 0.05) is 11.6 Å². The smallest absolute Gasteiger partial charge is 0.387 e. The lowest BCUT2D eigenvalue weighted by atomic mass is 10.2. The highest BCUT2D eigenvalue weighted by Crippen LogP contribution is 2.23. The number of fused-ring (bicyclic) bond motifs is 3. The Kier molecular flexibility index (Phi) is 2.15. The van der Waals surface area contributed by atoms with Crippen molar-refractivity contribution in [2.45, 2.75) is 0 Å². The summed E-state index contributed by atoms with van der Waals surface area (Å²) in [6, 6.07) is 20.5. The highest BCUT2D eigenvalue weighted by molar-refractivity contribution is 5.91. The molecule has 4 rings (SSSR count). The van der Waals surface area contributed by atoms with Crippen LogP contribution in [0.1, 0.15) is 0 Å². The van der Waals surface area contributed by atoms with E-state index in [-0.39, 0.29) is 0 Å². The summed E-state index contributed by atoms with van der Waals surface area (Å²) in [5, 5.41) is 2.32. The largest absolute Gasteiger partial charge is 0.397 e. The summed E-state index contributed by atoms with van der Waals surface area (Å²) in [5.74, 6) is 0.886. The third kappa shape index (κ3) is 1.61. The molecular weight excluding hydrogens is 234 g/mol. The first-order valence-corrected chi connectivity index (χ1v) is 6.30. The molecule has 0 bridgehead atoms. The Balaban J connectivity index is 2.04. The Labute approximate surface area is 110 Å². The zero-order valence-electron chi connectivity index (χ0n) is 10.3. The quantitative estimate of drug-likeness (QED) is 0.466. The SMILES string of the molecule is c1ccc(-c2c[n+]3ccc4ccccc4c3o2)cc1. The minimum atomic E-state index is 0.886. The van der Waals surface area contributed by atoms with Crippen molar-refractivity contribution in [1.82, 2.24) is 0 Å². The molecule has 0 amide bonds. The predicted octanol–water partition coefficient (Wildman–Crippen LogP) is 3.84. The zero-order valence-corrected chi connectivity index (χ0v) is 10.3. The van der Waals surface area contributed by atoms with Gasteiger partial charge in [-0.25, -0.2) is 0 Å². The van der Waals surface area contributed by atoms with Gasteiger partial charge in [0.15, 0.2) is 6.20 Å². The molecule has 2 aromatic heterocycles. The lowest BCUT2D eigenvalue weighted by Gasteiger charge is -1.92. The van der Waals surface area contributed by atoms with Crippen LogP contribution in [-0.2, 0) is 0 Å². The van der Waals surface area contributed by atoms with Gasteiger partial charge in [0.05, 0.1) is 5.39 Å². The third-order valence-electron chi connectivity index (χ3n) is 3.36. The van der Waals surface area contributed by atoms with Gasteiger partial charge >= 0.3 is 5.71 Å². The Morgan fingerprint density at radius 2 is 1.58 bits per heavy atom. The number of aromatic nitrogens is 1. The zero-order chi connectivity index (χ0) is 12.7. The van der Waals surface area contributed by atoms with Crippen molar-refractivity contribution < 1.29 is 8.82 Å². The van der Waals surface area contributed by atoms with E-state index in [1.165, 1.54) is 5.39 Å². The topological polar surface area (TPSA) is 17.2 Å². The maximum atomic E-state index is 6.03. The summed E-state index contributed by atoms with van der Waals surface area (Å²) in [7, 11) is 0. The van der Waals surface area contributed by atoms with Crippen molar-refractivity contribution in [2.75, 3.05) is 0 Å². The number of hydrogen-bond acceptors (Lipinski definition) is 1. The average molecular weight is 246 g/mol. The van der Waals surface area contributed by atoms with Crippen LogP contribution in [0.5, 0.6) is 0 Å². The van der Waals surface area contributed by atoms with Crippen molar-refractivity contribution in [2.24, 2.45) is 0 Å². The Bertz CT molecular complexity index is 862. The Morgan fingerprint density at radius 1 is 0.789 bits per heavy atom. The molecule has 2 aromatic carbocycles. The second-order valence-electron chi connectivity index (χ2n) is 4.58. The molecule has 2 nitrogen and oxygen atoms in total. The second kappa shape index (κ2) is 3.95. The second-order valence-corrected chi connectivity index (χ2v) is 4.58. The van der Waals surface area contributed by atoms with Crippen LogP contribution in [-0.4, -0.2) is 0 Å². The number of oxazole rings is 1. The molecule has 0 radical (unpaired) electrons. The van der Waals surface area contributed by atoms with Crippen molar-refractivity contribution in [3.05, 3.63) is 73.1 Å². The minimum absolute atomic E-state index is 0.886. The molecule has 0 saturated carbocycles. The summed E-state index contributed by atoms with van der Waals surface area (Å²) in [6.45, 7) is 0. The van der Waals surface area contributed by atoms with Crippen LogP contribution in [0, 0.1) is 0 Å². The molecule has 2 heteroatoms. The monoisotopic (exact) mass is 246 g/mol. The maximum Gasteiger partial charge on any atom is 0.387 e.